The van der Waals surface area contributed by atoms with Crippen molar-refractivity contribution in [3.63, 3.8) is 0 Å². The van der Waals surface area contributed by atoms with Gasteiger partial charge in [-0.05, 0) is 49.0 Å². The lowest BCUT2D eigenvalue weighted by molar-refractivity contribution is -0.123. The molecule has 0 radical (unpaired) electrons. The molecule has 0 unspecified atom stereocenters. The highest BCUT2D eigenvalue weighted by Gasteiger charge is 2.20. The molecule has 0 atom stereocenters. The van der Waals surface area contributed by atoms with Gasteiger partial charge in [0.2, 0.25) is 0 Å². The quantitative estimate of drug-likeness (QED) is 0.808. The predicted molar refractivity (Wildman–Crippen MR) is 108 cm³/mol. The Balaban J connectivity index is 1.44. The predicted octanol–water partition coefficient (Wildman–Crippen LogP) is 1.64. The largest absolute Gasteiger partial charge is 0.484 e. The molecule has 0 aromatic heterocycles. The van der Waals surface area contributed by atoms with E-state index in [-0.39, 0.29) is 18.4 Å². The number of likely N-dealkylation sites (N-methyl/N-ethyl adjacent to an activating group) is 1. The summed E-state index contributed by atoms with van der Waals surface area (Å²) in [5.41, 5.74) is 2.11. The average molecular weight is 392 g/mol. The first kappa shape index (κ1) is 20.4. The molecule has 1 N–H and O–H groups in total. The van der Waals surface area contributed by atoms with E-state index in [1.165, 1.54) is 0 Å². The summed E-state index contributed by atoms with van der Waals surface area (Å²) in [6.45, 7) is 3.52. The molecule has 7 heteroatoms. The van der Waals surface area contributed by atoms with E-state index in [1.807, 2.05) is 23.1 Å². The number of carbonyl (C=O) groups excluding carboxylic acids is 2. The number of hydrogen-bond donors (Lipinski definition) is 1. The molecule has 150 valence electrons. The second-order valence-electron chi connectivity index (χ2n) is 6.99. The van der Waals surface area contributed by atoms with Crippen molar-refractivity contribution in [3.8, 4) is 11.8 Å². The molecule has 0 spiro atoms. The molecule has 1 aliphatic heterocycles. The zero-order valence-corrected chi connectivity index (χ0v) is 16.4. The molecule has 1 fully saturated rings. The Kier molecular flexibility index (Phi) is 6.82. The maximum absolute atomic E-state index is 12.5. The minimum Gasteiger partial charge on any atom is -0.484 e. The number of nitriles is 1. The highest BCUT2D eigenvalue weighted by Crippen LogP contribution is 2.12. The van der Waals surface area contributed by atoms with Crippen LogP contribution in [-0.2, 0) is 11.3 Å². The molecular weight excluding hydrogens is 368 g/mol. The fraction of sp³-hybridized carbons (Fsp3) is 0.318. The second-order valence-corrected chi connectivity index (χ2v) is 6.99. The van der Waals surface area contributed by atoms with E-state index in [0.29, 0.717) is 23.4 Å². The van der Waals surface area contributed by atoms with E-state index in [2.05, 4.69) is 17.3 Å². The molecule has 0 bridgehead atoms. The zero-order valence-electron chi connectivity index (χ0n) is 16.4. The molecule has 2 aromatic rings. The van der Waals surface area contributed by atoms with Gasteiger partial charge >= 0.3 is 0 Å². The Bertz CT molecular complexity index is 880. The smallest absolute Gasteiger partial charge is 0.258 e. The van der Waals surface area contributed by atoms with Crippen LogP contribution < -0.4 is 10.1 Å². The van der Waals surface area contributed by atoms with Crippen molar-refractivity contribution in [1.82, 2.24) is 15.1 Å². The Hall–Kier alpha value is -3.37. The Labute approximate surface area is 170 Å². The van der Waals surface area contributed by atoms with Crippen LogP contribution in [0, 0.1) is 11.3 Å². The van der Waals surface area contributed by atoms with Gasteiger partial charge in [-0.25, -0.2) is 0 Å². The lowest BCUT2D eigenvalue weighted by Crippen LogP contribution is -2.47. The number of hydrogen-bond acceptors (Lipinski definition) is 5. The summed E-state index contributed by atoms with van der Waals surface area (Å²) in [5.74, 6) is 0.336. The molecule has 2 amide bonds. The van der Waals surface area contributed by atoms with Gasteiger partial charge in [0.1, 0.15) is 5.75 Å². The molecule has 7 nitrogen and oxygen atoms in total. The monoisotopic (exact) mass is 392 g/mol. The number of benzene rings is 2. The van der Waals surface area contributed by atoms with Crippen LogP contribution in [0.2, 0.25) is 0 Å². The molecule has 1 saturated heterocycles. The van der Waals surface area contributed by atoms with E-state index in [1.54, 1.807) is 36.4 Å². The summed E-state index contributed by atoms with van der Waals surface area (Å²) in [4.78, 5) is 28.6. The van der Waals surface area contributed by atoms with Crippen LogP contribution in [-0.4, -0.2) is 61.4 Å². The SMILES string of the molecule is CN1CCN(C(=O)c2ccc(CNC(=O)COc3ccc(C#N)cc3)cc2)CC1. The van der Waals surface area contributed by atoms with Gasteiger partial charge in [-0.2, -0.15) is 5.26 Å². The van der Waals surface area contributed by atoms with Crippen LogP contribution in [0.5, 0.6) is 5.75 Å². The summed E-state index contributed by atoms with van der Waals surface area (Å²) >= 11 is 0. The number of amides is 2. The molecule has 1 heterocycles. The summed E-state index contributed by atoms with van der Waals surface area (Å²) in [6.07, 6.45) is 0. The first-order valence-electron chi connectivity index (χ1n) is 9.51. The van der Waals surface area contributed by atoms with E-state index in [4.69, 9.17) is 10.00 Å². The number of carbonyl (C=O) groups is 2. The van der Waals surface area contributed by atoms with Crippen molar-refractivity contribution < 1.29 is 14.3 Å². The minimum absolute atomic E-state index is 0.0458. The van der Waals surface area contributed by atoms with Gasteiger partial charge in [0, 0.05) is 38.3 Å². The number of piperazine rings is 1. The highest BCUT2D eigenvalue weighted by atomic mass is 16.5. The van der Waals surface area contributed by atoms with Gasteiger partial charge in [0.15, 0.2) is 6.61 Å². The fourth-order valence-electron chi connectivity index (χ4n) is 2.98. The molecule has 3 rings (SSSR count). The Morgan fingerprint density at radius 2 is 1.69 bits per heavy atom. The van der Waals surface area contributed by atoms with Crippen molar-refractivity contribution in [3.05, 3.63) is 65.2 Å². The standard InChI is InChI=1S/C22H24N4O3/c1-25-10-12-26(13-11-25)22(28)19-6-2-18(3-7-19)15-24-21(27)16-29-20-8-4-17(14-23)5-9-20/h2-9H,10-13,15-16H2,1H3,(H,24,27). The third-order valence-electron chi connectivity index (χ3n) is 4.83. The third kappa shape index (κ3) is 5.80. The Morgan fingerprint density at radius 1 is 1.03 bits per heavy atom. The van der Waals surface area contributed by atoms with Gasteiger partial charge in [-0.15, -0.1) is 0 Å². The molecular formula is C22H24N4O3. The van der Waals surface area contributed by atoms with Crippen molar-refractivity contribution in [2.45, 2.75) is 6.54 Å². The van der Waals surface area contributed by atoms with Crippen molar-refractivity contribution >= 4 is 11.8 Å². The van der Waals surface area contributed by atoms with Gasteiger partial charge in [0.25, 0.3) is 11.8 Å². The highest BCUT2D eigenvalue weighted by molar-refractivity contribution is 5.94. The van der Waals surface area contributed by atoms with E-state index in [0.717, 1.165) is 31.7 Å². The topological polar surface area (TPSA) is 85.7 Å². The molecule has 0 aliphatic carbocycles. The average Bonchev–Trinajstić information content (AvgIpc) is 2.77. The molecule has 0 saturated carbocycles. The maximum atomic E-state index is 12.5. The van der Waals surface area contributed by atoms with Crippen LogP contribution >= 0.6 is 0 Å². The summed E-state index contributed by atoms with van der Waals surface area (Å²) in [5, 5.41) is 11.6. The van der Waals surface area contributed by atoms with Crippen LogP contribution in [0.4, 0.5) is 0 Å². The zero-order chi connectivity index (χ0) is 20.6. The number of rotatable bonds is 6. The molecule has 29 heavy (non-hydrogen) atoms. The van der Waals surface area contributed by atoms with Crippen molar-refractivity contribution in [2.24, 2.45) is 0 Å². The number of nitrogens with one attached hydrogen (secondary N) is 1. The summed E-state index contributed by atoms with van der Waals surface area (Å²) in [6, 6.07) is 15.9. The second kappa shape index (κ2) is 9.71. The summed E-state index contributed by atoms with van der Waals surface area (Å²) in [7, 11) is 2.06. The Morgan fingerprint density at radius 3 is 2.31 bits per heavy atom. The van der Waals surface area contributed by atoms with Crippen molar-refractivity contribution in [1.29, 1.82) is 5.26 Å². The van der Waals surface area contributed by atoms with E-state index < -0.39 is 0 Å². The van der Waals surface area contributed by atoms with Crippen LogP contribution in [0.25, 0.3) is 0 Å². The van der Waals surface area contributed by atoms with Gasteiger partial charge in [-0.1, -0.05) is 12.1 Å². The first-order chi connectivity index (χ1) is 14.0. The maximum Gasteiger partial charge on any atom is 0.258 e. The third-order valence-corrected chi connectivity index (χ3v) is 4.83. The number of ether oxygens (including phenoxy) is 1. The molecule has 2 aromatic carbocycles. The molecule has 1 aliphatic rings. The van der Waals surface area contributed by atoms with Crippen LogP contribution in [0.3, 0.4) is 0 Å². The lowest BCUT2D eigenvalue weighted by Gasteiger charge is -2.32. The van der Waals surface area contributed by atoms with Gasteiger partial charge in [0.05, 0.1) is 11.6 Å². The van der Waals surface area contributed by atoms with Crippen molar-refractivity contribution in [2.75, 3.05) is 39.8 Å². The minimum atomic E-state index is -0.244. The summed E-state index contributed by atoms with van der Waals surface area (Å²) < 4.78 is 5.41. The van der Waals surface area contributed by atoms with E-state index in [9.17, 15) is 9.59 Å². The van der Waals surface area contributed by atoms with Crippen LogP contribution in [0.15, 0.2) is 48.5 Å². The van der Waals surface area contributed by atoms with Gasteiger partial charge < -0.3 is 19.9 Å². The fourth-order valence-corrected chi connectivity index (χ4v) is 2.98. The van der Waals surface area contributed by atoms with Crippen LogP contribution in [0.1, 0.15) is 21.5 Å². The van der Waals surface area contributed by atoms with E-state index >= 15 is 0 Å². The van der Waals surface area contributed by atoms with Gasteiger partial charge in [-0.3, -0.25) is 9.59 Å². The number of nitrogens with zero attached hydrogens (tertiary/aromatic N) is 3. The normalized spacial score (nSPS) is 14.1. The lowest BCUT2D eigenvalue weighted by atomic mass is 10.1. The first-order valence-corrected chi connectivity index (χ1v) is 9.51.